The molecule has 4 heteroatoms. The number of carbonyl (C=O) groups is 2. The van der Waals surface area contributed by atoms with Gasteiger partial charge in [0.15, 0.2) is 0 Å². The summed E-state index contributed by atoms with van der Waals surface area (Å²) in [7, 11) is 0. The molecule has 1 aliphatic heterocycles. The van der Waals surface area contributed by atoms with Crippen LogP contribution in [0, 0.1) is 0 Å². The predicted octanol–water partition coefficient (Wildman–Crippen LogP) is 3.94. The molecule has 1 aliphatic rings. The summed E-state index contributed by atoms with van der Waals surface area (Å²) in [5, 5.41) is 0. The van der Waals surface area contributed by atoms with Crippen LogP contribution < -0.4 is 0 Å². The van der Waals surface area contributed by atoms with Gasteiger partial charge in [-0.25, -0.2) is 4.79 Å². The molecule has 0 N–H and O–H groups in total. The lowest BCUT2D eigenvalue weighted by Crippen LogP contribution is -2.38. The van der Waals surface area contributed by atoms with Gasteiger partial charge < -0.3 is 14.4 Å². The number of carbonyl (C=O) groups excluding carboxylic acids is 2. The Kier molecular flexibility index (Phi) is 5.83. The third kappa shape index (κ3) is 4.47. The molecule has 0 unspecified atom stereocenters. The Labute approximate surface area is 148 Å². The Morgan fingerprint density at radius 1 is 1.04 bits per heavy atom. The summed E-state index contributed by atoms with van der Waals surface area (Å²) in [6.45, 7) is 1.68. The van der Waals surface area contributed by atoms with E-state index in [-0.39, 0.29) is 6.09 Å². The first-order valence-electron chi connectivity index (χ1n) is 8.75. The number of hydrogen-bond acceptors (Lipinski definition) is 3. The van der Waals surface area contributed by atoms with E-state index in [1.165, 1.54) is 5.56 Å². The lowest BCUT2D eigenvalue weighted by Gasteiger charge is -2.32. The van der Waals surface area contributed by atoms with Gasteiger partial charge in [-0.15, -0.1) is 0 Å². The average molecular weight is 337 g/mol. The molecule has 0 radical (unpaired) electrons. The van der Waals surface area contributed by atoms with Crippen molar-refractivity contribution in [3.8, 4) is 0 Å². The third-order valence-electron chi connectivity index (χ3n) is 4.76. The van der Waals surface area contributed by atoms with Crippen molar-refractivity contribution in [2.75, 3.05) is 13.1 Å². The fourth-order valence-electron chi connectivity index (χ4n) is 3.39. The zero-order chi connectivity index (χ0) is 17.5. The maximum absolute atomic E-state index is 12.2. The molecule has 0 atom stereocenters. The predicted molar refractivity (Wildman–Crippen MR) is 96.4 cm³/mol. The summed E-state index contributed by atoms with van der Waals surface area (Å²) in [6, 6.07) is 17.8. The lowest BCUT2D eigenvalue weighted by atomic mass is 9.86. The molecule has 2 aromatic carbocycles. The first-order valence-corrected chi connectivity index (χ1v) is 8.75. The Morgan fingerprint density at radius 2 is 1.72 bits per heavy atom. The van der Waals surface area contributed by atoms with Crippen LogP contribution in [-0.4, -0.2) is 30.4 Å². The molecule has 0 spiro atoms. The van der Waals surface area contributed by atoms with Crippen LogP contribution >= 0.6 is 0 Å². The zero-order valence-electron chi connectivity index (χ0n) is 14.3. The van der Waals surface area contributed by atoms with Crippen LogP contribution in [-0.2, 0) is 22.6 Å². The van der Waals surface area contributed by atoms with Crippen LogP contribution in [0.15, 0.2) is 54.6 Å². The monoisotopic (exact) mass is 337 g/mol. The molecule has 4 nitrogen and oxygen atoms in total. The number of hydrogen-bond donors (Lipinski definition) is 0. The second-order valence-electron chi connectivity index (χ2n) is 6.37. The number of piperidine rings is 1. The van der Waals surface area contributed by atoms with E-state index >= 15 is 0 Å². The van der Waals surface area contributed by atoms with Crippen LogP contribution in [0.25, 0.3) is 0 Å². The first-order chi connectivity index (χ1) is 12.3. The highest BCUT2D eigenvalue weighted by Crippen LogP contribution is 2.30. The van der Waals surface area contributed by atoms with Gasteiger partial charge in [0, 0.05) is 19.5 Å². The smallest absolute Gasteiger partial charge is 0.410 e. The molecule has 3 rings (SSSR count). The first kappa shape index (κ1) is 17.2. The number of likely N-dealkylation sites (tertiary alicyclic amines) is 1. The van der Waals surface area contributed by atoms with Crippen molar-refractivity contribution in [1.82, 2.24) is 4.90 Å². The van der Waals surface area contributed by atoms with E-state index in [9.17, 15) is 9.59 Å². The minimum absolute atomic E-state index is 0.247. The molecule has 1 amide bonds. The van der Waals surface area contributed by atoms with Gasteiger partial charge in [0.05, 0.1) is 0 Å². The number of aldehydes is 1. The second-order valence-corrected chi connectivity index (χ2v) is 6.37. The lowest BCUT2D eigenvalue weighted by molar-refractivity contribution is -0.107. The van der Waals surface area contributed by atoms with Crippen molar-refractivity contribution in [3.05, 3.63) is 71.3 Å². The number of amides is 1. The van der Waals surface area contributed by atoms with Gasteiger partial charge >= 0.3 is 6.09 Å². The maximum Gasteiger partial charge on any atom is 0.410 e. The van der Waals surface area contributed by atoms with Crippen molar-refractivity contribution >= 4 is 12.4 Å². The highest BCUT2D eigenvalue weighted by atomic mass is 16.6. The van der Waals surface area contributed by atoms with E-state index < -0.39 is 0 Å². The highest BCUT2D eigenvalue weighted by molar-refractivity contribution is 5.67. The van der Waals surface area contributed by atoms with Gasteiger partial charge in [0.2, 0.25) is 0 Å². The minimum Gasteiger partial charge on any atom is -0.445 e. The van der Waals surface area contributed by atoms with Crippen molar-refractivity contribution in [1.29, 1.82) is 0 Å². The standard InChI is InChI=1S/C21H23NO3/c23-15-12-18-8-4-5-9-20(18)19-10-13-22(14-11-19)21(24)25-16-17-6-2-1-3-7-17/h1-9,15,19H,10-14,16H2. The fourth-order valence-corrected chi connectivity index (χ4v) is 3.39. The van der Waals surface area contributed by atoms with E-state index in [1.807, 2.05) is 48.5 Å². The van der Waals surface area contributed by atoms with E-state index in [2.05, 4.69) is 6.07 Å². The molecule has 1 heterocycles. The Hall–Kier alpha value is -2.62. The molecule has 0 saturated carbocycles. The number of rotatable bonds is 5. The second kappa shape index (κ2) is 8.47. The van der Waals surface area contributed by atoms with Gasteiger partial charge in [-0.1, -0.05) is 54.6 Å². The third-order valence-corrected chi connectivity index (χ3v) is 4.76. The summed E-state index contributed by atoms with van der Waals surface area (Å²) in [5.41, 5.74) is 3.34. The molecule has 0 aliphatic carbocycles. The summed E-state index contributed by atoms with van der Waals surface area (Å²) >= 11 is 0. The molecular weight excluding hydrogens is 314 g/mol. The van der Waals surface area contributed by atoms with Crippen molar-refractivity contribution in [3.63, 3.8) is 0 Å². The van der Waals surface area contributed by atoms with Gasteiger partial charge in [0.1, 0.15) is 12.9 Å². The van der Waals surface area contributed by atoms with Gasteiger partial charge in [-0.05, 0) is 35.4 Å². The molecule has 25 heavy (non-hydrogen) atoms. The van der Waals surface area contributed by atoms with E-state index in [4.69, 9.17) is 4.74 Å². The van der Waals surface area contributed by atoms with Crippen LogP contribution in [0.2, 0.25) is 0 Å². The number of nitrogens with zero attached hydrogens (tertiary/aromatic N) is 1. The van der Waals surface area contributed by atoms with E-state index in [0.717, 1.165) is 30.3 Å². The van der Waals surface area contributed by atoms with Crippen molar-refractivity contribution < 1.29 is 14.3 Å². The molecule has 1 saturated heterocycles. The highest BCUT2D eigenvalue weighted by Gasteiger charge is 2.25. The van der Waals surface area contributed by atoms with Gasteiger partial charge in [-0.2, -0.15) is 0 Å². The van der Waals surface area contributed by atoms with Crippen molar-refractivity contribution in [2.45, 2.75) is 31.8 Å². The molecular formula is C21H23NO3. The summed E-state index contributed by atoms with van der Waals surface area (Å²) < 4.78 is 5.41. The molecule has 0 aromatic heterocycles. The van der Waals surface area contributed by atoms with Crippen LogP contribution in [0.1, 0.15) is 35.4 Å². The Morgan fingerprint density at radius 3 is 2.44 bits per heavy atom. The quantitative estimate of drug-likeness (QED) is 0.776. The van der Waals surface area contributed by atoms with Gasteiger partial charge in [0.25, 0.3) is 0 Å². The van der Waals surface area contributed by atoms with Crippen LogP contribution in [0.5, 0.6) is 0 Å². The SMILES string of the molecule is O=CCc1ccccc1C1CCN(C(=O)OCc2ccccc2)CC1. The number of benzene rings is 2. The molecule has 130 valence electrons. The zero-order valence-corrected chi connectivity index (χ0v) is 14.3. The normalized spacial score (nSPS) is 15.0. The van der Waals surface area contributed by atoms with Crippen molar-refractivity contribution in [2.24, 2.45) is 0 Å². The topological polar surface area (TPSA) is 46.6 Å². The summed E-state index contributed by atoms with van der Waals surface area (Å²) in [6.07, 6.45) is 2.96. The average Bonchev–Trinajstić information content (AvgIpc) is 2.68. The minimum atomic E-state index is -0.247. The molecule has 1 fully saturated rings. The largest absolute Gasteiger partial charge is 0.445 e. The van der Waals surface area contributed by atoms with Crippen LogP contribution in [0.4, 0.5) is 4.79 Å². The number of ether oxygens (including phenoxy) is 1. The summed E-state index contributed by atoms with van der Waals surface area (Å²) in [4.78, 5) is 24.9. The summed E-state index contributed by atoms with van der Waals surface area (Å²) in [5.74, 6) is 0.398. The molecule has 2 aromatic rings. The molecule has 0 bridgehead atoms. The maximum atomic E-state index is 12.2. The van der Waals surface area contributed by atoms with E-state index in [0.29, 0.717) is 32.0 Å². The fraction of sp³-hybridized carbons (Fsp3) is 0.333. The van der Waals surface area contributed by atoms with Gasteiger partial charge in [-0.3, -0.25) is 0 Å². The Balaban J connectivity index is 1.53. The Bertz CT molecular complexity index is 706. The van der Waals surface area contributed by atoms with E-state index in [1.54, 1.807) is 4.90 Å². The van der Waals surface area contributed by atoms with Crippen LogP contribution in [0.3, 0.4) is 0 Å².